The summed E-state index contributed by atoms with van der Waals surface area (Å²) in [7, 11) is 3.10. The Morgan fingerprint density at radius 1 is 1.07 bits per heavy atom. The third kappa shape index (κ3) is 3.29. The Bertz CT molecular complexity index is 1000. The molecule has 27 heavy (non-hydrogen) atoms. The standard InChI is InChI=1S/C21H17NO5/c1-24-18-8-7-15(11-19(18)25-2)20-22-16(21(23)27-20)10-13-9-14-5-3-4-6-17(14)26-12-13/h3-11H,12H2,1-2H3/b16-10+. The predicted octanol–water partition coefficient (Wildman–Crippen LogP) is 3.37. The van der Waals surface area contributed by atoms with Crippen molar-refractivity contribution >= 4 is 17.9 Å². The van der Waals surface area contributed by atoms with E-state index in [-0.39, 0.29) is 11.6 Å². The zero-order valence-corrected chi connectivity index (χ0v) is 14.9. The van der Waals surface area contributed by atoms with Crippen LogP contribution in [0.5, 0.6) is 17.2 Å². The number of nitrogens with zero attached hydrogens (tertiary/aromatic N) is 1. The zero-order valence-electron chi connectivity index (χ0n) is 14.9. The smallest absolute Gasteiger partial charge is 0.363 e. The molecular formula is C21H17NO5. The quantitative estimate of drug-likeness (QED) is 0.615. The van der Waals surface area contributed by atoms with Crippen LogP contribution in [0.4, 0.5) is 0 Å². The highest BCUT2D eigenvalue weighted by Gasteiger charge is 2.25. The molecule has 4 rings (SSSR count). The molecule has 0 aliphatic carbocycles. The number of hydrogen-bond donors (Lipinski definition) is 0. The van der Waals surface area contributed by atoms with Crippen LogP contribution in [0.2, 0.25) is 0 Å². The van der Waals surface area contributed by atoms with Crippen molar-refractivity contribution in [1.29, 1.82) is 0 Å². The zero-order chi connectivity index (χ0) is 18.8. The SMILES string of the molecule is COc1ccc(C2=N/C(=C/C3=Cc4ccccc4OC3)C(=O)O2)cc1OC. The molecule has 2 heterocycles. The first-order valence-electron chi connectivity index (χ1n) is 8.35. The van der Waals surface area contributed by atoms with E-state index in [1.807, 2.05) is 30.3 Å². The molecule has 0 atom stereocenters. The fraction of sp³-hybridized carbons (Fsp3) is 0.143. The van der Waals surface area contributed by atoms with Crippen LogP contribution in [-0.2, 0) is 9.53 Å². The first-order valence-corrected chi connectivity index (χ1v) is 8.35. The van der Waals surface area contributed by atoms with Crippen molar-refractivity contribution in [3.05, 3.63) is 70.9 Å². The summed E-state index contributed by atoms with van der Waals surface area (Å²) in [5, 5.41) is 0. The van der Waals surface area contributed by atoms with Crippen LogP contribution in [-0.4, -0.2) is 32.7 Å². The number of benzene rings is 2. The van der Waals surface area contributed by atoms with E-state index in [9.17, 15) is 4.79 Å². The Labute approximate surface area is 156 Å². The number of ether oxygens (including phenoxy) is 4. The maximum absolute atomic E-state index is 12.2. The van der Waals surface area contributed by atoms with E-state index in [4.69, 9.17) is 18.9 Å². The highest BCUT2D eigenvalue weighted by Crippen LogP contribution is 2.30. The van der Waals surface area contributed by atoms with Crippen LogP contribution in [0, 0.1) is 0 Å². The summed E-state index contributed by atoms with van der Waals surface area (Å²) in [5.74, 6) is 1.67. The molecule has 2 aliphatic heterocycles. The summed E-state index contributed by atoms with van der Waals surface area (Å²) in [6.07, 6.45) is 3.66. The Hall–Kier alpha value is -3.54. The number of para-hydroxylation sites is 1. The highest BCUT2D eigenvalue weighted by molar-refractivity contribution is 6.11. The van der Waals surface area contributed by atoms with Crippen molar-refractivity contribution in [2.75, 3.05) is 20.8 Å². The van der Waals surface area contributed by atoms with Crippen LogP contribution < -0.4 is 14.2 Å². The van der Waals surface area contributed by atoms with Crippen LogP contribution in [0.3, 0.4) is 0 Å². The van der Waals surface area contributed by atoms with Gasteiger partial charge in [-0.15, -0.1) is 0 Å². The summed E-state index contributed by atoms with van der Waals surface area (Å²) >= 11 is 0. The lowest BCUT2D eigenvalue weighted by atomic mass is 10.1. The van der Waals surface area contributed by atoms with Crippen molar-refractivity contribution in [2.45, 2.75) is 0 Å². The first-order chi connectivity index (χ1) is 13.2. The van der Waals surface area contributed by atoms with E-state index in [2.05, 4.69) is 4.99 Å². The van der Waals surface area contributed by atoms with Gasteiger partial charge >= 0.3 is 5.97 Å². The van der Waals surface area contributed by atoms with E-state index in [0.29, 0.717) is 23.7 Å². The third-order valence-corrected chi connectivity index (χ3v) is 4.23. The summed E-state index contributed by atoms with van der Waals surface area (Å²) in [6.45, 7) is 0.370. The second-order valence-electron chi connectivity index (χ2n) is 5.95. The van der Waals surface area contributed by atoms with Gasteiger partial charge in [0.05, 0.1) is 14.2 Å². The fourth-order valence-electron chi connectivity index (χ4n) is 2.89. The number of fused-ring (bicyclic) bond motifs is 1. The van der Waals surface area contributed by atoms with Crippen molar-refractivity contribution in [2.24, 2.45) is 4.99 Å². The molecule has 0 N–H and O–H groups in total. The largest absolute Gasteiger partial charge is 0.493 e. The molecule has 0 saturated carbocycles. The summed E-state index contributed by atoms with van der Waals surface area (Å²) < 4.78 is 21.5. The van der Waals surface area contributed by atoms with Crippen molar-refractivity contribution in [3.8, 4) is 17.2 Å². The average Bonchev–Trinajstić information content (AvgIpc) is 3.07. The monoisotopic (exact) mass is 363 g/mol. The molecule has 2 aliphatic rings. The van der Waals surface area contributed by atoms with Crippen molar-refractivity contribution in [3.63, 3.8) is 0 Å². The van der Waals surface area contributed by atoms with Gasteiger partial charge in [0.1, 0.15) is 12.4 Å². The summed E-state index contributed by atoms with van der Waals surface area (Å²) in [4.78, 5) is 16.6. The summed E-state index contributed by atoms with van der Waals surface area (Å²) in [5.41, 5.74) is 2.67. The van der Waals surface area contributed by atoms with E-state index in [1.54, 1.807) is 38.5 Å². The fourth-order valence-corrected chi connectivity index (χ4v) is 2.89. The number of carbonyl (C=O) groups excluding carboxylic acids is 1. The number of rotatable bonds is 4. The lowest BCUT2D eigenvalue weighted by Crippen LogP contribution is -2.08. The Morgan fingerprint density at radius 2 is 1.89 bits per heavy atom. The number of methoxy groups -OCH3 is 2. The minimum Gasteiger partial charge on any atom is -0.493 e. The van der Waals surface area contributed by atoms with Gasteiger partial charge in [-0.05, 0) is 42.0 Å². The van der Waals surface area contributed by atoms with E-state index in [0.717, 1.165) is 16.9 Å². The van der Waals surface area contributed by atoms with Gasteiger partial charge in [-0.1, -0.05) is 18.2 Å². The Balaban J connectivity index is 1.64. The molecule has 0 unspecified atom stereocenters. The lowest BCUT2D eigenvalue weighted by Gasteiger charge is -2.15. The van der Waals surface area contributed by atoms with E-state index in [1.165, 1.54) is 0 Å². The van der Waals surface area contributed by atoms with Crippen LogP contribution in [0.1, 0.15) is 11.1 Å². The Morgan fingerprint density at radius 3 is 2.70 bits per heavy atom. The van der Waals surface area contributed by atoms with Gasteiger partial charge in [-0.2, -0.15) is 0 Å². The van der Waals surface area contributed by atoms with E-state index >= 15 is 0 Å². The number of esters is 1. The Kier molecular flexibility index (Phi) is 4.38. The molecule has 136 valence electrons. The molecule has 0 radical (unpaired) electrons. The molecule has 6 nitrogen and oxygen atoms in total. The number of aliphatic imine (C=N–C) groups is 1. The van der Waals surface area contributed by atoms with Gasteiger partial charge in [0, 0.05) is 11.1 Å². The van der Waals surface area contributed by atoms with Crippen LogP contribution in [0.25, 0.3) is 6.08 Å². The molecule has 0 amide bonds. The molecular weight excluding hydrogens is 346 g/mol. The molecule has 6 heteroatoms. The van der Waals surface area contributed by atoms with Crippen molar-refractivity contribution < 1.29 is 23.7 Å². The van der Waals surface area contributed by atoms with Gasteiger partial charge < -0.3 is 18.9 Å². The highest BCUT2D eigenvalue weighted by atomic mass is 16.6. The minimum atomic E-state index is -0.500. The molecule has 0 saturated heterocycles. The second-order valence-corrected chi connectivity index (χ2v) is 5.95. The topological polar surface area (TPSA) is 66.4 Å². The molecule has 0 aromatic heterocycles. The number of hydrogen-bond acceptors (Lipinski definition) is 6. The van der Waals surface area contributed by atoms with Gasteiger partial charge in [-0.3, -0.25) is 0 Å². The molecule has 2 aromatic carbocycles. The van der Waals surface area contributed by atoms with Gasteiger partial charge in [0.2, 0.25) is 5.90 Å². The maximum atomic E-state index is 12.2. The van der Waals surface area contributed by atoms with Crippen LogP contribution >= 0.6 is 0 Å². The van der Waals surface area contributed by atoms with Crippen molar-refractivity contribution in [1.82, 2.24) is 0 Å². The number of carbonyl (C=O) groups is 1. The number of cyclic esters (lactones) is 1. The van der Waals surface area contributed by atoms with Gasteiger partial charge in [-0.25, -0.2) is 9.79 Å². The molecule has 0 fully saturated rings. The summed E-state index contributed by atoms with van der Waals surface area (Å²) in [6, 6.07) is 12.9. The normalized spacial score (nSPS) is 16.8. The maximum Gasteiger partial charge on any atom is 0.363 e. The molecule has 0 spiro atoms. The lowest BCUT2D eigenvalue weighted by molar-refractivity contribution is -0.130. The molecule has 2 aromatic rings. The average molecular weight is 363 g/mol. The van der Waals surface area contributed by atoms with Gasteiger partial charge in [0.15, 0.2) is 17.2 Å². The van der Waals surface area contributed by atoms with E-state index < -0.39 is 5.97 Å². The second kappa shape index (κ2) is 6.99. The van der Waals surface area contributed by atoms with Gasteiger partial charge in [0.25, 0.3) is 0 Å². The van der Waals surface area contributed by atoms with Crippen LogP contribution in [0.15, 0.2) is 64.8 Å². The third-order valence-electron chi connectivity index (χ3n) is 4.23. The first kappa shape index (κ1) is 16.9. The minimum absolute atomic E-state index is 0.227. The molecule has 0 bridgehead atoms. The predicted molar refractivity (Wildman–Crippen MR) is 100 cm³/mol.